The van der Waals surface area contributed by atoms with Gasteiger partial charge in [0, 0.05) is 38.4 Å². The number of amides is 1. The molecule has 3 atom stereocenters. The monoisotopic (exact) mass is 618 g/mol. The molecule has 4 heterocycles. The van der Waals surface area contributed by atoms with Gasteiger partial charge in [0.1, 0.15) is 23.1 Å². The number of anilines is 3. The van der Waals surface area contributed by atoms with Crippen LogP contribution in [0.5, 0.6) is 0 Å². The number of rotatable bonds is 8. The number of carboxylic acids is 1. The van der Waals surface area contributed by atoms with E-state index in [1.807, 2.05) is 0 Å². The fourth-order valence-corrected chi connectivity index (χ4v) is 5.98. The van der Waals surface area contributed by atoms with Crippen LogP contribution in [0.3, 0.4) is 0 Å². The molecule has 2 saturated heterocycles. The smallest absolute Gasteiger partial charge is 0.414 e. The van der Waals surface area contributed by atoms with Crippen LogP contribution in [0.4, 0.5) is 30.8 Å². The van der Waals surface area contributed by atoms with Gasteiger partial charge in [-0.15, -0.1) is 0 Å². The minimum absolute atomic E-state index is 0.00533. The van der Waals surface area contributed by atoms with Gasteiger partial charge in [0.05, 0.1) is 29.3 Å². The summed E-state index contributed by atoms with van der Waals surface area (Å²) < 4.78 is 59.9. The predicted molar refractivity (Wildman–Crippen MR) is 153 cm³/mol. The first kappa shape index (κ1) is 28.9. The second-order valence-corrected chi connectivity index (χ2v) is 11.5. The summed E-state index contributed by atoms with van der Waals surface area (Å²) in [5.41, 5.74) is -0.404. The molecule has 1 aromatic carbocycles. The number of cyclic esters (lactones) is 1. The van der Waals surface area contributed by atoms with Gasteiger partial charge in [-0.2, -0.15) is 0 Å². The molecule has 0 radical (unpaired) electrons. The number of pyridine rings is 2. The first-order valence-electron chi connectivity index (χ1n) is 13.6. The molecule has 3 aliphatic rings. The fraction of sp³-hybridized carbons (Fsp3) is 0.407. The van der Waals surface area contributed by atoms with Crippen molar-refractivity contribution in [1.29, 1.82) is 0 Å². The molecule has 1 aliphatic carbocycles. The normalized spacial score (nSPS) is 20.4. The zero-order valence-corrected chi connectivity index (χ0v) is 23.7. The van der Waals surface area contributed by atoms with Crippen LogP contribution in [-0.4, -0.2) is 80.4 Å². The topological polar surface area (TPSA) is 158 Å². The van der Waals surface area contributed by atoms with E-state index >= 15 is 8.78 Å². The Morgan fingerprint density at radius 3 is 2.44 bits per heavy atom. The molecule has 43 heavy (non-hydrogen) atoms. The van der Waals surface area contributed by atoms with Crippen LogP contribution < -0.4 is 24.9 Å². The average molecular weight is 619 g/mol. The van der Waals surface area contributed by atoms with Crippen molar-refractivity contribution in [3.8, 4) is 0 Å². The summed E-state index contributed by atoms with van der Waals surface area (Å²) in [6.07, 6.45) is 1.48. The number of hydrogen-bond donors (Lipinski definition) is 3. The zero-order chi connectivity index (χ0) is 30.6. The maximum atomic E-state index is 15.3. The number of aromatic nitrogens is 2. The summed E-state index contributed by atoms with van der Waals surface area (Å²) in [7, 11) is 0. The molecule has 1 saturated carbocycles. The molecule has 0 bridgehead atoms. The van der Waals surface area contributed by atoms with Crippen molar-refractivity contribution in [2.45, 2.75) is 38.0 Å². The molecule has 3 aromatic rings. The molecule has 16 heteroatoms. The highest BCUT2D eigenvalue weighted by Gasteiger charge is 2.37. The van der Waals surface area contributed by atoms with Gasteiger partial charge in [-0.3, -0.25) is 14.2 Å². The number of benzene rings is 1. The molecule has 2 aromatic heterocycles. The third-order valence-corrected chi connectivity index (χ3v) is 8.53. The van der Waals surface area contributed by atoms with Crippen molar-refractivity contribution in [2.24, 2.45) is 0 Å². The summed E-state index contributed by atoms with van der Waals surface area (Å²) in [6, 6.07) is 4.79. The Hall–Kier alpha value is -4.15. The molecule has 3 N–H and O–H groups in total. The Balaban J connectivity index is 1.18. The highest BCUT2D eigenvalue weighted by Crippen LogP contribution is 2.37. The lowest BCUT2D eigenvalue weighted by atomic mass is 10.1. The lowest BCUT2D eigenvalue weighted by Gasteiger charge is -2.37. The Labute approximate surface area is 246 Å². The number of carbonyl (C=O) groups excluding carboxylic acids is 1. The highest BCUT2D eigenvalue weighted by atomic mass is 32.2. The Bertz CT molecular complexity index is 1710. The molecule has 13 nitrogen and oxygen atoms in total. The number of piperazine rings is 1. The van der Waals surface area contributed by atoms with E-state index in [1.54, 1.807) is 33.4 Å². The van der Waals surface area contributed by atoms with E-state index in [1.165, 1.54) is 17.2 Å². The van der Waals surface area contributed by atoms with E-state index in [9.17, 15) is 23.7 Å². The van der Waals surface area contributed by atoms with Crippen LogP contribution in [0, 0.1) is 11.6 Å². The fourth-order valence-electron chi connectivity index (χ4n) is 5.51. The highest BCUT2D eigenvalue weighted by molar-refractivity contribution is 7.77. The third-order valence-electron chi connectivity index (χ3n) is 7.95. The summed E-state index contributed by atoms with van der Waals surface area (Å²) in [4.78, 5) is 46.0. The van der Waals surface area contributed by atoms with Gasteiger partial charge >= 0.3 is 12.1 Å². The van der Waals surface area contributed by atoms with E-state index < -0.39 is 58.1 Å². The number of carboxylic acid groups (broad SMARTS) is 1. The molecular formula is C27H28F2N6O7S. The first-order valence-corrected chi connectivity index (χ1v) is 14.8. The van der Waals surface area contributed by atoms with Crippen molar-refractivity contribution < 1.29 is 37.0 Å². The van der Waals surface area contributed by atoms with Gasteiger partial charge in [-0.25, -0.2) is 32.3 Å². The number of aromatic carboxylic acids is 1. The lowest BCUT2D eigenvalue weighted by Crippen LogP contribution is -2.47. The van der Waals surface area contributed by atoms with E-state index in [0.29, 0.717) is 31.9 Å². The third kappa shape index (κ3) is 5.52. The van der Waals surface area contributed by atoms with E-state index in [4.69, 9.17) is 9.29 Å². The molecule has 228 valence electrons. The molecule has 0 spiro atoms. The Kier molecular flexibility index (Phi) is 7.52. The van der Waals surface area contributed by atoms with Gasteiger partial charge in [-0.1, -0.05) is 0 Å². The molecule has 6 rings (SSSR count). The van der Waals surface area contributed by atoms with Gasteiger partial charge in [0.15, 0.2) is 11.6 Å². The zero-order valence-electron chi connectivity index (χ0n) is 22.9. The number of nitrogens with zero attached hydrogens (tertiary/aromatic N) is 5. The first-order chi connectivity index (χ1) is 20.5. The largest absolute Gasteiger partial charge is 0.477 e. The maximum Gasteiger partial charge on any atom is 0.414 e. The number of nitrogens with one attached hydrogen (secondary N) is 1. The van der Waals surface area contributed by atoms with Gasteiger partial charge in [-0.05, 0) is 44.0 Å². The number of fused-ring (bicyclic) bond motifs is 1. The molecular weight excluding hydrogens is 590 g/mol. The van der Waals surface area contributed by atoms with Crippen LogP contribution in [0.1, 0.15) is 36.2 Å². The predicted octanol–water partition coefficient (Wildman–Crippen LogP) is 2.47. The van der Waals surface area contributed by atoms with E-state index in [0.717, 1.165) is 18.9 Å². The molecule has 3 fully saturated rings. The second kappa shape index (κ2) is 11.2. The average Bonchev–Trinajstić information content (AvgIpc) is 3.73. The van der Waals surface area contributed by atoms with Gasteiger partial charge < -0.3 is 24.2 Å². The van der Waals surface area contributed by atoms with Crippen LogP contribution >= 0.6 is 0 Å². The number of carbonyl (C=O) groups is 2. The Morgan fingerprint density at radius 2 is 1.81 bits per heavy atom. The Morgan fingerprint density at radius 1 is 1.12 bits per heavy atom. The lowest BCUT2D eigenvalue weighted by molar-refractivity contribution is 0.0694. The van der Waals surface area contributed by atoms with Crippen LogP contribution in [0.15, 0.2) is 35.3 Å². The SMILES string of the molecule is CC(NS(=O)O)C1CN(c2ccc(N3CCN(c4nc5c(cc4F)c(=O)c(C(=O)O)cn5C4CC4)CC3)c(F)c2)C(=O)O1. The van der Waals surface area contributed by atoms with Crippen LogP contribution in [-0.2, 0) is 16.0 Å². The van der Waals surface area contributed by atoms with Gasteiger partial charge in [0.2, 0.25) is 16.7 Å². The molecule has 2 aliphatic heterocycles. The minimum Gasteiger partial charge on any atom is -0.477 e. The van der Waals surface area contributed by atoms with E-state index in [2.05, 4.69) is 9.71 Å². The van der Waals surface area contributed by atoms with Crippen LogP contribution in [0.2, 0.25) is 0 Å². The summed E-state index contributed by atoms with van der Waals surface area (Å²) in [6.45, 7) is 2.93. The molecule has 3 unspecified atom stereocenters. The summed E-state index contributed by atoms with van der Waals surface area (Å²) in [5, 5.41) is 9.36. The summed E-state index contributed by atoms with van der Waals surface area (Å²) in [5.74, 6) is -2.65. The van der Waals surface area contributed by atoms with Crippen molar-refractivity contribution in [3.05, 3.63) is 57.9 Å². The van der Waals surface area contributed by atoms with Crippen molar-refractivity contribution in [1.82, 2.24) is 14.3 Å². The standard InChI is InChI=1S/C27H28F2N6O7S/c1-14(31-43(40)41)22-13-35(27(39)42-22)16-4-5-21(19(28)10-16)32-6-8-33(9-7-32)25-20(29)11-17-23(36)18(26(37)38)12-34(15-2-3-15)24(17)30-25/h4-5,10-12,14-15,22,31H,2-3,6-9,13H2,1H3,(H,37,38)(H,40,41). The van der Waals surface area contributed by atoms with Gasteiger partial charge in [0.25, 0.3) is 0 Å². The van der Waals surface area contributed by atoms with Crippen molar-refractivity contribution >= 4 is 51.6 Å². The number of hydrogen-bond acceptors (Lipinski definition) is 8. The quantitative estimate of drug-likeness (QED) is 0.321. The molecule has 1 amide bonds. The number of halogens is 2. The second-order valence-electron chi connectivity index (χ2n) is 10.8. The van der Waals surface area contributed by atoms with E-state index in [-0.39, 0.29) is 35.1 Å². The van der Waals surface area contributed by atoms with Crippen LogP contribution in [0.25, 0.3) is 11.0 Å². The summed E-state index contributed by atoms with van der Waals surface area (Å²) >= 11 is -2.28. The van der Waals surface area contributed by atoms with Crippen molar-refractivity contribution in [3.63, 3.8) is 0 Å². The van der Waals surface area contributed by atoms with Crippen molar-refractivity contribution in [2.75, 3.05) is 47.4 Å². The maximum absolute atomic E-state index is 15.3. The minimum atomic E-state index is -2.28. The number of ether oxygens (including phenoxy) is 1.